The Kier molecular flexibility index (Phi) is 4.78. The first-order valence-corrected chi connectivity index (χ1v) is 7.25. The largest absolute Gasteiger partial charge is 0.326 e. The summed E-state index contributed by atoms with van der Waals surface area (Å²) in [6.45, 7) is 4.69. The molecular weight excluding hydrogens is 250 g/mol. The quantitative estimate of drug-likeness (QED) is 0.884. The lowest BCUT2D eigenvalue weighted by molar-refractivity contribution is -0.125. The van der Waals surface area contributed by atoms with Gasteiger partial charge in [0.05, 0.1) is 5.41 Å². The topological polar surface area (TPSA) is 44.4 Å². The average molecular weight is 275 g/mol. The molecule has 0 spiro atoms. The minimum absolute atomic E-state index is 0.117. The second kappa shape index (κ2) is 6.37. The number of benzene rings is 1. The summed E-state index contributed by atoms with van der Waals surface area (Å²) in [5.74, 6) is 0.117. The third kappa shape index (κ3) is 3.81. The predicted octanol–water partition coefficient (Wildman–Crippen LogP) is 2.08. The number of hydrogen-bond donors (Lipinski definition) is 2. The van der Waals surface area contributed by atoms with Crippen LogP contribution in [0.1, 0.15) is 25.3 Å². The molecule has 4 nitrogen and oxygen atoms in total. The van der Waals surface area contributed by atoms with Gasteiger partial charge in [0.1, 0.15) is 0 Å². The third-order valence-corrected chi connectivity index (χ3v) is 3.83. The lowest BCUT2D eigenvalue weighted by Gasteiger charge is -2.32. The number of hydrogen-bond acceptors (Lipinski definition) is 3. The van der Waals surface area contributed by atoms with Gasteiger partial charge in [-0.05, 0) is 58.1 Å². The van der Waals surface area contributed by atoms with Gasteiger partial charge in [-0.25, -0.2) is 0 Å². The van der Waals surface area contributed by atoms with Gasteiger partial charge >= 0.3 is 0 Å². The van der Waals surface area contributed by atoms with Crippen LogP contribution in [-0.2, 0) is 11.3 Å². The zero-order chi connectivity index (χ0) is 14.6. The summed E-state index contributed by atoms with van der Waals surface area (Å²) >= 11 is 0. The highest BCUT2D eigenvalue weighted by molar-refractivity contribution is 5.95. The average Bonchev–Trinajstić information content (AvgIpc) is 2.39. The van der Waals surface area contributed by atoms with Gasteiger partial charge in [-0.2, -0.15) is 0 Å². The summed E-state index contributed by atoms with van der Waals surface area (Å²) in [4.78, 5) is 14.6. The van der Waals surface area contributed by atoms with Crippen LogP contribution in [0.15, 0.2) is 24.3 Å². The van der Waals surface area contributed by atoms with E-state index in [0.29, 0.717) is 0 Å². The third-order valence-electron chi connectivity index (χ3n) is 3.83. The van der Waals surface area contributed by atoms with E-state index in [0.717, 1.165) is 38.2 Å². The standard InChI is InChI=1S/C16H25N3O/c1-16(8-5-9-17-12-16)15(20)18-14-7-4-6-13(10-14)11-19(2)3/h4,6-7,10,17H,5,8-9,11-12H2,1-3H3,(H,18,20). The number of anilines is 1. The maximum atomic E-state index is 12.5. The van der Waals surface area contributed by atoms with Crippen LogP contribution in [0.25, 0.3) is 0 Å². The van der Waals surface area contributed by atoms with Gasteiger partial charge in [0.15, 0.2) is 0 Å². The van der Waals surface area contributed by atoms with E-state index in [9.17, 15) is 4.79 Å². The molecule has 2 rings (SSSR count). The van der Waals surface area contributed by atoms with Crippen molar-refractivity contribution in [2.45, 2.75) is 26.3 Å². The van der Waals surface area contributed by atoms with Gasteiger partial charge < -0.3 is 15.5 Å². The molecule has 0 saturated carbocycles. The Labute approximate surface area is 121 Å². The van der Waals surface area contributed by atoms with Gasteiger partial charge in [-0.1, -0.05) is 12.1 Å². The highest BCUT2D eigenvalue weighted by Crippen LogP contribution is 2.27. The molecule has 1 saturated heterocycles. The lowest BCUT2D eigenvalue weighted by Crippen LogP contribution is -2.46. The molecule has 1 aromatic carbocycles. The Balaban J connectivity index is 2.03. The first-order chi connectivity index (χ1) is 9.49. The van der Waals surface area contributed by atoms with Crippen LogP contribution in [0.5, 0.6) is 0 Å². The van der Waals surface area contributed by atoms with E-state index in [1.165, 1.54) is 5.56 Å². The second-order valence-electron chi connectivity index (χ2n) is 6.23. The molecule has 1 aromatic rings. The van der Waals surface area contributed by atoms with E-state index in [1.54, 1.807) is 0 Å². The molecule has 1 aliphatic heterocycles. The van der Waals surface area contributed by atoms with E-state index in [4.69, 9.17) is 0 Å². The fourth-order valence-corrected chi connectivity index (χ4v) is 2.64. The van der Waals surface area contributed by atoms with Crippen LogP contribution >= 0.6 is 0 Å². The zero-order valence-corrected chi connectivity index (χ0v) is 12.7. The van der Waals surface area contributed by atoms with Crippen LogP contribution in [0.4, 0.5) is 5.69 Å². The van der Waals surface area contributed by atoms with E-state index >= 15 is 0 Å². The smallest absolute Gasteiger partial charge is 0.231 e. The van der Waals surface area contributed by atoms with E-state index < -0.39 is 0 Å². The van der Waals surface area contributed by atoms with Crippen molar-refractivity contribution in [3.05, 3.63) is 29.8 Å². The van der Waals surface area contributed by atoms with Crippen molar-refractivity contribution in [1.82, 2.24) is 10.2 Å². The van der Waals surface area contributed by atoms with Crippen LogP contribution < -0.4 is 10.6 Å². The molecular formula is C16H25N3O. The van der Waals surface area contributed by atoms with Gasteiger partial charge in [-0.15, -0.1) is 0 Å². The van der Waals surface area contributed by atoms with Crippen LogP contribution in [0.2, 0.25) is 0 Å². The second-order valence-corrected chi connectivity index (χ2v) is 6.23. The molecule has 1 atom stereocenters. The normalized spacial score (nSPS) is 22.8. The van der Waals surface area contributed by atoms with Gasteiger partial charge in [-0.3, -0.25) is 4.79 Å². The number of piperidine rings is 1. The zero-order valence-electron chi connectivity index (χ0n) is 12.7. The fraction of sp³-hybridized carbons (Fsp3) is 0.562. The SMILES string of the molecule is CN(C)Cc1cccc(NC(=O)C2(C)CCCNC2)c1. The maximum Gasteiger partial charge on any atom is 0.231 e. The summed E-state index contributed by atoms with van der Waals surface area (Å²) in [6.07, 6.45) is 2.01. The van der Waals surface area contributed by atoms with E-state index in [-0.39, 0.29) is 11.3 Å². The Morgan fingerprint density at radius 1 is 1.45 bits per heavy atom. The minimum Gasteiger partial charge on any atom is -0.326 e. The summed E-state index contributed by atoms with van der Waals surface area (Å²) in [7, 11) is 4.08. The number of amides is 1. The maximum absolute atomic E-state index is 12.5. The Morgan fingerprint density at radius 3 is 2.90 bits per heavy atom. The number of nitrogens with one attached hydrogen (secondary N) is 2. The first-order valence-electron chi connectivity index (χ1n) is 7.25. The van der Waals surface area contributed by atoms with Crippen molar-refractivity contribution in [1.29, 1.82) is 0 Å². The molecule has 0 radical (unpaired) electrons. The summed E-state index contributed by atoms with van der Waals surface area (Å²) in [5.41, 5.74) is 1.80. The Morgan fingerprint density at radius 2 is 2.25 bits per heavy atom. The number of nitrogens with zero attached hydrogens (tertiary/aromatic N) is 1. The van der Waals surface area contributed by atoms with Crippen molar-refractivity contribution in [2.24, 2.45) is 5.41 Å². The molecule has 2 N–H and O–H groups in total. The van der Waals surface area contributed by atoms with Crippen molar-refractivity contribution in [2.75, 3.05) is 32.5 Å². The lowest BCUT2D eigenvalue weighted by atomic mass is 9.82. The molecule has 0 bridgehead atoms. The number of carbonyl (C=O) groups excluding carboxylic acids is 1. The summed E-state index contributed by atoms with van der Waals surface area (Å²) in [6, 6.07) is 8.09. The number of carbonyl (C=O) groups is 1. The first kappa shape index (κ1) is 15.0. The monoisotopic (exact) mass is 275 g/mol. The molecule has 0 aliphatic carbocycles. The molecule has 20 heavy (non-hydrogen) atoms. The van der Waals surface area contributed by atoms with Crippen molar-refractivity contribution in [3.63, 3.8) is 0 Å². The van der Waals surface area contributed by atoms with Gasteiger partial charge in [0.25, 0.3) is 0 Å². The minimum atomic E-state index is -0.296. The molecule has 1 unspecified atom stereocenters. The Bertz CT molecular complexity index is 465. The van der Waals surface area contributed by atoms with Crippen LogP contribution in [0.3, 0.4) is 0 Å². The molecule has 0 aromatic heterocycles. The van der Waals surface area contributed by atoms with Crippen LogP contribution in [0, 0.1) is 5.41 Å². The molecule has 1 fully saturated rings. The molecule has 1 heterocycles. The molecule has 1 aliphatic rings. The van der Waals surface area contributed by atoms with E-state index in [2.05, 4.69) is 27.7 Å². The van der Waals surface area contributed by atoms with Gasteiger partial charge in [0, 0.05) is 18.8 Å². The molecule has 110 valence electrons. The molecule has 4 heteroatoms. The van der Waals surface area contributed by atoms with Crippen molar-refractivity contribution in [3.8, 4) is 0 Å². The van der Waals surface area contributed by atoms with Crippen molar-refractivity contribution >= 4 is 11.6 Å². The molecule has 1 amide bonds. The highest BCUT2D eigenvalue weighted by Gasteiger charge is 2.34. The fourth-order valence-electron chi connectivity index (χ4n) is 2.64. The summed E-state index contributed by atoms with van der Waals surface area (Å²) in [5, 5.41) is 6.38. The highest BCUT2D eigenvalue weighted by atomic mass is 16.2. The number of rotatable bonds is 4. The van der Waals surface area contributed by atoms with Crippen LogP contribution in [-0.4, -0.2) is 38.0 Å². The van der Waals surface area contributed by atoms with Gasteiger partial charge in [0.2, 0.25) is 5.91 Å². The van der Waals surface area contributed by atoms with Crippen molar-refractivity contribution < 1.29 is 4.79 Å². The summed E-state index contributed by atoms with van der Waals surface area (Å²) < 4.78 is 0. The Hall–Kier alpha value is -1.39. The predicted molar refractivity (Wildman–Crippen MR) is 82.7 cm³/mol. The van der Waals surface area contributed by atoms with E-state index in [1.807, 2.05) is 33.2 Å².